The highest BCUT2D eigenvalue weighted by molar-refractivity contribution is 9.12. The summed E-state index contributed by atoms with van der Waals surface area (Å²) in [5.74, 6) is -1.18. The van der Waals surface area contributed by atoms with Gasteiger partial charge in [0.15, 0.2) is 0 Å². The molecule has 0 aliphatic carbocycles. The molecule has 2 aromatic carbocycles. The minimum absolute atomic E-state index is 0.203. The molecular weight excluding hydrogens is 542 g/mol. The van der Waals surface area contributed by atoms with Crippen molar-refractivity contribution in [2.45, 2.75) is 19.4 Å². The second-order valence-corrected chi connectivity index (χ2v) is 10.5. The number of hydrogen-bond acceptors (Lipinski definition) is 3. The number of carbonyl (C=O) groups excluding carboxylic acids is 1. The Labute approximate surface area is 194 Å². The Hall–Kier alpha value is -1.67. The summed E-state index contributed by atoms with van der Waals surface area (Å²) >= 11 is 14.6. The zero-order valence-electron chi connectivity index (χ0n) is 15.2. The second-order valence-electron chi connectivity index (χ2n) is 6.43. The molecule has 3 aromatic rings. The van der Waals surface area contributed by atoms with E-state index in [1.165, 1.54) is 23.5 Å². The number of benzene rings is 2. The molecule has 8 heteroatoms. The molecular formula is C21H16Br2ClNO3S. The molecule has 0 fully saturated rings. The molecule has 0 saturated carbocycles. The lowest BCUT2D eigenvalue weighted by atomic mass is 10.0. The van der Waals surface area contributed by atoms with Gasteiger partial charge in [-0.2, -0.15) is 0 Å². The first-order valence-electron chi connectivity index (χ1n) is 8.61. The van der Waals surface area contributed by atoms with E-state index in [0.29, 0.717) is 17.0 Å². The van der Waals surface area contributed by atoms with E-state index in [0.717, 1.165) is 24.3 Å². The van der Waals surface area contributed by atoms with Crippen molar-refractivity contribution in [3.63, 3.8) is 0 Å². The number of halogens is 3. The number of aromatic carboxylic acids is 1. The SMILES string of the molecule is C[C@H](NC(=O)c1c(Br)sc(Br)c1Cc1cccc(Cl)c1)c1ccc(C(=O)O)cc1. The lowest BCUT2D eigenvalue weighted by Gasteiger charge is -2.15. The highest BCUT2D eigenvalue weighted by Gasteiger charge is 2.23. The summed E-state index contributed by atoms with van der Waals surface area (Å²) in [6.07, 6.45) is 0.563. The van der Waals surface area contributed by atoms with Gasteiger partial charge in [0.05, 0.1) is 24.7 Å². The van der Waals surface area contributed by atoms with Crippen LogP contribution in [0.1, 0.15) is 50.4 Å². The third-order valence-corrected chi connectivity index (χ3v) is 7.31. The number of nitrogens with one attached hydrogen (secondary N) is 1. The number of hydrogen-bond donors (Lipinski definition) is 2. The summed E-state index contributed by atoms with van der Waals surface area (Å²) in [6.45, 7) is 1.86. The van der Waals surface area contributed by atoms with E-state index >= 15 is 0 Å². The third kappa shape index (κ3) is 5.28. The van der Waals surface area contributed by atoms with Crippen molar-refractivity contribution >= 4 is 66.7 Å². The molecule has 1 heterocycles. The Morgan fingerprint density at radius 3 is 2.45 bits per heavy atom. The molecule has 0 saturated heterocycles. The average molecular weight is 558 g/mol. The van der Waals surface area contributed by atoms with Gasteiger partial charge in [-0.25, -0.2) is 4.79 Å². The van der Waals surface area contributed by atoms with Gasteiger partial charge < -0.3 is 10.4 Å². The lowest BCUT2D eigenvalue weighted by molar-refractivity contribution is 0.0696. The lowest BCUT2D eigenvalue weighted by Crippen LogP contribution is -2.27. The molecule has 1 aromatic heterocycles. The first-order chi connectivity index (χ1) is 13.8. The quantitative estimate of drug-likeness (QED) is 0.354. The van der Waals surface area contributed by atoms with Crippen LogP contribution in [-0.2, 0) is 6.42 Å². The Bertz CT molecular complexity index is 1070. The highest BCUT2D eigenvalue weighted by Crippen LogP contribution is 2.38. The van der Waals surface area contributed by atoms with Crippen molar-refractivity contribution in [2.75, 3.05) is 0 Å². The van der Waals surface area contributed by atoms with Crippen molar-refractivity contribution in [3.8, 4) is 0 Å². The van der Waals surface area contributed by atoms with Crippen LogP contribution in [0.3, 0.4) is 0 Å². The van der Waals surface area contributed by atoms with Crippen molar-refractivity contribution in [2.24, 2.45) is 0 Å². The Morgan fingerprint density at radius 2 is 1.83 bits per heavy atom. The molecule has 0 bridgehead atoms. The highest BCUT2D eigenvalue weighted by atomic mass is 79.9. The smallest absolute Gasteiger partial charge is 0.335 e. The van der Waals surface area contributed by atoms with E-state index in [-0.39, 0.29) is 17.5 Å². The average Bonchev–Trinajstić information content (AvgIpc) is 2.95. The Morgan fingerprint density at radius 1 is 1.14 bits per heavy atom. The van der Waals surface area contributed by atoms with Crippen LogP contribution >= 0.6 is 54.8 Å². The van der Waals surface area contributed by atoms with Gasteiger partial charge in [-0.3, -0.25) is 4.79 Å². The van der Waals surface area contributed by atoms with Crippen LogP contribution in [0.2, 0.25) is 5.02 Å². The van der Waals surface area contributed by atoms with E-state index in [2.05, 4.69) is 37.2 Å². The van der Waals surface area contributed by atoms with E-state index in [9.17, 15) is 9.59 Å². The van der Waals surface area contributed by atoms with Crippen LogP contribution in [0.5, 0.6) is 0 Å². The first-order valence-corrected chi connectivity index (χ1v) is 11.4. The minimum atomic E-state index is -0.981. The topological polar surface area (TPSA) is 66.4 Å². The minimum Gasteiger partial charge on any atom is -0.478 e. The van der Waals surface area contributed by atoms with E-state index in [1.54, 1.807) is 12.1 Å². The fraction of sp³-hybridized carbons (Fsp3) is 0.143. The zero-order valence-corrected chi connectivity index (χ0v) is 20.0. The maximum absolute atomic E-state index is 13.0. The molecule has 4 nitrogen and oxygen atoms in total. The molecule has 1 atom stereocenters. The van der Waals surface area contributed by atoms with Gasteiger partial charge in [0.1, 0.15) is 0 Å². The third-order valence-electron chi connectivity index (χ3n) is 4.42. The van der Waals surface area contributed by atoms with E-state index < -0.39 is 5.97 Å². The van der Waals surface area contributed by atoms with Crippen LogP contribution in [0.25, 0.3) is 0 Å². The number of carbonyl (C=O) groups is 2. The Kier molecular flexibility index (Phi) is 7.16. The van der Waals surface area contributed by atoms with Crippen molar-refractivity contribution in [1.29, 1.82) is 0 Å². The maximum Gasteiger partial charge on any atom is 0.335 e. The summed E-state index contributed by atoms with van der Waals surface area (Å²) < 4.78 is 1.63. The summed E-state index contributed by atoms with van der Waals surface area (Å²) in [5, 5.41) is 12.7. The van der Waals surface area contributed by atoms with E-state index in [1.807, 2.05) is 31.2 Å². The van der Waals surface area contributed by atoms with Gasteiger partial charge in [0.25, 0.3) is 5.91 Å². The summed E-state index contributed by atoms with van der Waals surface area (Å²) in [5.41, 5.74) is 3.51. The molecule has 0 aliphatic heterocycles. The standard InChI is InChI=1S/C21H16Br2ClNO3S/c1-11(13-5-7-14(8-6-13)21(27)28)25-20(26)17-16(18(22)29-19(17)23)10-12-3-2-4-15(24)9-12/h2-9,11H,10H2,1H3,(H,25,26)(H,27,28)/t11-/m0/s1. The molecule has 0 radical (unpaired) electrons. The summed E-state index contributed by atoms with van der Waals surface area (Å²) in [7, 11) is 0. The van der Waals surface area contributed by atoms with Crippen LogP contribution < -0.4 is 5.32 Å². The summed E-state index contributed by atoms with van der Waals surface area (Å²) in [6, 6.07) is 13.7. The van der Waals surface area contributed by atoms with Crippen LogP contribution in [0.4, 0.5) is 0 Å². The number of rotatable bonds is 6. The number of amides is 1. The first kappa shape index (κ1) is 22.0. The van der Waals surface area contributed by atoms with Crippen molar-refractivity contribution in [3.05, 3.63) is 88.9 Å². The maximum atomic E-state index is 13.0. The fourth-order valence-electron chi connectivity index (χ4n) is 2.91. The molecule has 1 amide bonds. The molecule has 150 valence electrons. The Balaban J connectivity index is 1.82. The zero-order chi connectivity index (χ0) is 21.1. The number of carboxylic acids is 1. The van der Waals surface area contributed by atoms with Crippen molar-refractivity contribution < 1.29 is 14.7 Å². The summed E-state index contributed by atoms with van der Waals surface area (Å²) in [4.78, 5) is 24.0. The number of carboxylic acid groups (broad SMARTS) is 1. The predicted molar refractivity (Wildman–Crippen MR) is 123 cm³/mol. The van der Waals surface area contributed by atoms with Crippen LogP contribution in [0, 0.1) is 0 Å². The van der Waals surface area contributed by atoms with Gasteiger partial charge in [0.2, 0.25) is 0 Å². The molecule has 0 spiro atoms. The van der Waals surface area contributed by atoms with Gasteiger partial charge >= 0.3 is 5.97 Å². The van der Waals surface area contributed by atoms with Gasteiger partial charge in [-0.15, -0.1) is 11.3 Å². The van der Waals surface area contributed by atoms with Gasteiger partial charge in [0, 0.05) is 11.4 Å². The predicted octanol–water partition coefficient (Wildman–Crippen LogP) is 6.71. The van der Waals surface area contributed by atoms with Gasteiger partial charge in [-0.1, -0.05) is 35.9 Å². The molecule has 0 unspecified atom stereocenters. The van der Waals surface area contributed by atoms with Crippen LogP contribution in [-0.4, -0.2) is 17.0 Å². The largest absolute Gasteiger partial charge is 0.478 e. The van der Waals surface area contributed by atoms with Crippen molar-refractivity contribution in [1.82, 2.24) is 5.32 Å². The number of thiophene rings is 1. The molecule has 29 heavy (non-hydrogen) atoms. The van der Waals surface area contributed by atoms with E-state index in [4.69, 9.17) is 16.7 Å². The fourth-order valence-corrected chi connectivity index (χ4v) is 6.28. The molecule has 0 aliphatic rings. The molecule has 3 rings (SSSR count). The normalized spacial score (nSPS) is 11.9. The second kappa shape index (κ2) is 9.43. The van der Waals surface area contributed by atoms with Gasteiger partial charge in [-0.05, 0) is 79.7 Å². The van der Waals surface area contributed by atoms with Crippen LogP contribution in [0.15, 0.2) is 56.1 Å². The molecule has 2 N–H and O–H groups in total. The monoisotopic (exact) mass is 555 g/mol.